The van der Waals surface area contributed by atoms with E-state index >= 15 is 0 Å². The van der Waals surface area contributed by atoms with Crippen molar-refractivity contribution in [1.82, 2.24) is 10.6 Å². The second-order valence-corrected chi connectivity index (χ2v) is 7.10. The highest BCUT2D eigenvalue weighted by Gasteiger charge is 2.31. The van der Waals surface area contributed by atoms with Gasteiger partial charge in [0.1, 0.15) is 5.75 Å². The summed E-state index contributed by atoms with van der Waals surface area (Å²) in [5.74, 6) is 0.150. The van der Waals surface area contributed by atoms with E-state index in [1.807, 2.05) is 24.3 Å². The summed E-state index contributed by atoms with van der Waals surface area (Å²) in [6.07, 6.45) is 1.62. The molecule has 4 N–H and O–H groups in total. The maximum Gasteiger partial charge on any atom is 0.309 e. The number of nitrogens with zero attached hydrogens (tertiary/aromatic N) is 1. The summed E-state index contributed by atoms with van der Waals surface area (Å²) in [6, 6.07) is 11.6. The first-order valence-corrected chi connectivity index (χ1v) is 10.1. The first-order valence-electron chi connectivity index (χ1n) is 10.1. The van der Waals surface area contributed by atoms with Crippen LogP contribution in [0.15, 0.2) is 47.1 Å². The largest absolute Gasteiger partial charge is 0.497 e. The van der Waals surface area contributed by atoms with E-state index in [9.17, 15) is 9.59 Å². The molecule has 1 aliphatic heterocycles. The molecule has 9 heteroatoms. The van der Waals surface area contributed by atoms with E-state index in [2.05, 4.69) is 27.7 Å². The van der Waals surface area contributed by atoms with Crippen LogP contribution < -0.4 is 25.2 Å². The van der Waals surface area contributed by atoms with Gasteiger partial charge >= 0.3 is 11.8 Å². The fourth-order valence-corrected chi connectivity index (χ4v) is 3.65. The lowest BCUT2D eigenvalue weighted by molar-refractivity contribution is -0.932. The number of aliphatic hydroxyl groups excluding tert-OH is 1. The summed E-state index contributed by atoms with van der Waals surface area (Å²) < 4.78 is 10.8. The van der Waals surface area contributed by atoms with Crippen LogP contribution in [0.4, 0.5) is 5.69 Å². The van der Waals surface area contributed by atoms with Crippen molar-refractivity contribution in [3.8, 4) is 5.75 Å². The van der Waals surface area contributed by atoms with Crippen LogP contribution in [0, 0.1) is 0 Å². The van der Waals surface area contributed by atoms with E-state index in [-0.39, 0.29) is 25.7 Å². The number of quaternary nitrogens is 1. The lowest BCUT2D eigenvalue weighted by Crippen LogP contribution is -3.15. The van der Waals surface area contributed by atoms with Gasteiger partial charge in [0, 0.05) is 12.2 Å². The molecule has 0 radical (unpaired) electrons. The highest BCUT2D eigenvalue weighted by Crippen LogP contribution is 2.19. The van der Waals surface area contributed by atoms with Gasteiger partial charge < -0.3 is 34.7 Å². The lowest BCUT2D eigenvalue weighted by Gasteiger charge is -2.37. The maximum absolute atomic E-state index is 12.0. The summed E-state index contributed by atoms with van der Waals surface area (Å²) in [5, 5.41) is 13.8. The molecule has 0 aliphatic carbocycles. The minimum absolute atomic E-state index is 0.0481. The predicted octanol–water partition coefficient (Wildman–Crippen LogP) is -1.04. The summed E-state index contributed by atoms with van der Waals surface area (Å²) in [7, 11) is 1.65. The van der Waals surface area contributed by atoms with E-state index in [4.69, 9.17) is 14.3 Å². The standard InChI is InChI=1S/C21H28N4O5/c1-29-17-6-4-16(5-7-17)24-9-11-25(12-10-24)18(19-3-2-14-30-19)15-23-21(28)20(27)22-8-13-26/h2-7,14,18,26H,8-13,15H2,1H3,(H,22,27)(H,23,28)/p+1/t18-/m0/s1. The lowest BCUT2D eigenvalue weighted by atomic mass is 10.1. The number of hydrogen-bond acceptors (Lipinski definition) is 6. The average molecular weight is 417 g/mol. The Morgan fingerprint density at radius 2 is 1.87 bits per heavy atom. The Kier molecular flexibility index (Phi) is 7.69. The van der Waals surface area contributed by atoms with Gasteiger partial charge in [-0.1, -0.05) is 0 Å². The quantitative estimate of drug-likeness (QED) is 0.409. The molecular formula is C21H29N4O5+. The fraction of sp³-hybridized carbons (Fsp3) is 0.429. The van der Waals surface area contributed by atoms with Gasteiger partial charge in [-0.2, -0.15) is 0 Å². The van der Waals surface area contributed by atoms with E-state index in [1.165, 1.54) is 4.90 Å². The monoisotopic (exact) mass is 417 g/mol. The smallest absolute Gasteiger partial charge is 0.309 e. The van der Waals surface area contributed by atoms with Gasteiger partial charge in [-0.3, -0.25) is 9.59 Å². The molecule has 2 amide bonds. The number of carbonyl (C=O) groups excluding carboxylic acids is 2. The predicted molar refractivity (Wildman–Crippen MR) is 110 cm³/mol. The van der Waals surface area contributed by atoms with Gasteiger partial charge in [0.2, 0.25) is 0 Å². The second-order valence-electron chi connectivity index (χ2n) is 7.10. The average Bonchev–Trinajstić information content (AvgIpc) is 3.32. The summed E-state index contributed by atoms with van der Waals surface area (Å²) in [4.78, 5) is 27.4. The Balaban J connectivity index is 1.58. The van der Waals surface area contributed by atoms with Crippen LogP contribution in [0.2, 0.25) is 0 Å². The Hall–Kier alpha value is -3.04. The highest BCUT2D eigenvalue weighted by atomic mass is 16.5. The van der Waals surface area contributed by atoms with Gasteiger partial charge in [-0.25, -0.2) is 0 Å². The highest BCUT2D eigenvalue weighted by molar-refractivity contribution is 6.35. The van der Waals surface area contributed by atoms with Crippen LogP contribution >= 0.6 is 0 Å². The van der Waals surface area contributed by atoms with Gasteiger partial charge in [0.25, 0.3) is 0 Å². The molecular weight excluding hydrogens is 388 g/mol. The first-order chi connectivity index (χ1) is 14.6. The van der Waals surface area contributed by atoms with Crippen LogP contribution in [0.5, 0.6) is 5.75 Å². The van der Waals surface area contributed by atoms with Gasteiger partial charge in [-0.05, 0) is 36.4 Å². The number of rotatable bonds is 8. The molecule has 0 bridgehead atoms. The van der Waals surface area contributed by atoms with E-state index in [1.54, 1.807) is 13.4 Å². The number of amides is 2. The third kappa shape index (κ3) is 5.52. The first kappa shape index (κ1) is 21.7. The molecule has 1 fully saturated rings. The number of carbonyl (C=O) groups is 2. The summed E-state index contributed by atoms with van der Waals surface area (Å²) in [6.45, 7) is 3.58. The van der Waals surface area contributed by atoms with Crippen molar-refractivity contribution in [2.24, 2.45) is 0 Å². The number of aliphatic hydroxyl groups is 1. The molecule has 1 aromatic carbocycles. The molecule has 9 nitrogen and oxygen atoms in total. The molecule has 1 saturated heterocycles. The Morgan fingerprint density at radius 3 is 2.47 bits per heavy atom. The van der Waals surface area contributed by atoms with Crippen LogP contribution in [-0.2, 0) is 9.59 Å². The molecule has 0 saturated carbocycles. The Labute approximate surface area is 175 Å². The van der Waals surface area contributed by atoms with Crippen LogP contribution in [-0.4, -0.2) is 69.9 Å². The maximum atomic E-state index is 12.0. The van der Waals surface area contributed by atoms with Crippen molar-refractivity contribution in [3.05, 3.63) is 48.4 Å². The minimum Gasteiger partial charge on any atom is -0.497 e. The van der Waals surface area contributed by atoms with Crippen molar-refractivity contribution in [2.75, 3.05) is 57.9 Å². The molecule has 2 heterocycles. The molecule has 0 spiro atoms. The topological polar surface area (TPSA) is 108 Å². The second kappa shape index (κ2) is 10.7. The van der Waals surface area contributed by atoms with E-state index in [0.29, 0.717) is 0 Å². The number of hydrogen-bond donors (Lipinski definition) is 4. The molecule has 3 rings (SSSR count). The molecule has 1 aromatic heterocycles. The number of nitrogens with one attached hydrogen (secondary N) is 3. The zero-order chi connectivity index (χ0) is 21.3. The van der Waals surface area contributed by atoms with Crippen LogP contribution in [0.25, 0.3) is 0 Å². The van der Waals surface area contributed by atoms with Crippen molar-refractivity contribution >= 4 is 17.5 Å². The van der Waals surface area contributed by atoms with Crippen LogP contribution in [0.3, 0.4) is 0 Å². The number of anilines is 1. The van der Waals surface area contributed by atoms with Gasteiger partial charge in [0.15, 0.2) is 11.8 Å². The Morgan fingerprint density at radius 1 is 1.17 bits per heavy atom. The third-order valence-corrected chi connectivity index (χ3v) is 5.29. The zero-order valence-corrected chi connectivity index (χ0v) is 17.1. The molecule has 30 heavy (non-hydrogen) atoms. The van der Waals surface area contributed by atoms with E-state index < -0.39 is 11.8 Å². The van der Waals surface area contributed by atoms with Crippen molar-refractivity contribution in [2.45, 2.75) is 6.04 Å². The van der Waals surface area contributed by atoms with Crippen molar-refractivity contribution in [1.29, 1.82) is 0 Å². The number of furan rings is 1. The number of benzene rings is 1. The molecule has 1 atom stereocenters. The fourth-order valence-electron chi connectivity index (χ4n) is 3.65. The minimum atomic E-state index is -0.749. The van der Waals surface area contributed by atoms with Crippen LogP contribution in [0.1, 0.15) is 11.8 Å². The SMILES string of the molecule is COc1ccc(N2CC[NH+]([C@@H](CNC(=O)C(=O)NCCO)c3ccco3)CC2)cc1. The van der Waals surface area contributed by atoms with Crippen molar-refractivity contribution in [3.63, 3.8) is 0 Å². The van der Waals surface area contributed by atoms with Gasteiger partial charge in [-0.15, -0.1) is 0 Å². The molecule has 1 aliphatic rings. The number of piperazine rings is 1. The summed E-state index contributed by atoms with van der Waals surface area (Å²) >= 11 is 0. The van der Waals surface area contributed by atoms with E-state index in [0.717, 1.165) is 43.4 Å². The Bertz CT molecular complexity index is 801. The summed E-state index contributed by atoms with van der Waals surface area (Å²) in [5.41, 5.74) is 1.15. The molecule has 0 unspecified atom stereocenters. The van der Waals surface area contributed by atoms with Gasteiger partial charge in [0.05, 0.1) is 52.7 Å². The number of ether oxygens (including phenoxy) is 1. The normalized spacial score (nSPS) is 15.5. The third-order valence-electron chi connectivity index (χ3n) is 5.29. The molecule has 2 aromatic rings. The number of methoxy groups -OCH3 is 1. The zero-order valence-electron chi connectivity index (χ0n) is 17.1. The molecule has 162 valence electrons. The van der Waals surface area contributed by atoms with Crippen molar-refractivity contribution < 1.29 is 28.7 Å².